The molecule has 0 saturated heterocycles. The number of benzene rings is 6. The minimum absolute atomic E-state index is 0. The van der Waals surface area contributed by atoms with Crippen molar-refractivity contribution in [2.45, 2.75) is 0 Å². The Hall–Kier alpha value is -2.47. The van der Waals surface area contributed by atoms with Crippen LogP contribution in [-0.4, -0.2) is 5.54 Å². The quantitative estimate of drug-likeness (QED) is 0.167. The van der Waals surface area contributed by atoms with Crippen LogP contribution in [-0.2, 0) is 17.1 Å². The van der Waals surface area contributed by atoms with Crippen molar-refractivity contribution >= 4 is 51.5 Å². The first-order chi connectivity index (χ1) is 19.3. The molecule has 0 aliphatic carbocycles. The van der Waals surface area contributed by atoms with E-state index in [2.05, 4.69) is 188 Å². The van der Waals surface area contributed by atoms with Crippen molar-refractivity contribution in [1.29, 1.82) is 0 Å². The Kier molecular flexibility index (Phi) is 12.8. The third kappa shape index (κ3) is 6.54. The molecular weight excluding hydrogens is 730 g/mol. The summed E-state index contributed by atoms with van der Waals surface area (Å²) < 4.78 is 0. The molecule has 0 fully saturated rings. The van der Waals surface area contributed by atoms with Crippen LogP contribution < -0.4 is 65.8 Å². The van der Waals surface area contributed by atoms with Crippen LogP contribution in [0.3, 0.4) is 0 Å². The molecule has 0 atom stereocenters. The summed E-state index contributed by atoms with van der Waals surface area (Å²) >= 11 is 0. The SMILES string of the molecule is C(=P(c1ccccc1)(c1ccccc1)c1ccccc1)[P+](c1ccccc1)(c1ccccc1)c1ccccc1.[Br-].[Br-].[Cu+]. The van der Waals surface area contributed by atoms with Crippen LogP contribution in [0.1, 0.15) is 0 Å². The monoisotopic (exact) mass is 758 g/mol. The molecule has 0 heterocycles. The molecular formula is C37H31Br2CuP2. The van der Waals surface area contributed by atoms with Crippen LogP contribution >= 0.6 is 14.1 Å². The minimum atomic E-state index is -2.25. The van der Waals surface area contributed by atoms with Crippen molar-refractivity contribution in [2.24, 2.45) is 0 Å². The molecule has 6 aromatic rings. The van der Waals surface area contributed by atoms with E-state index in [9.17, 15) is 0 Å². The largest absolute Gasteiger partial charge is 1.00 e. The van der Waals surface area contributed by atoms with E-state index in [4.69, 9.17) is 0 Å². The fourth-order valence-corrected chi connectivity index (χ4v) is 16.5. The second-order valence-corrected chi connectivity index (χ2v) is 16.5. The van der Waals surface area contributed by atoms with Gasteiger partial charge in [0.15, 0.2) is 0 Å². The van der Waals surface area contributed by atoms with Gasteiger partial charge in [0.25, 0.3) is 0 Å². The normalized spacial score (nSPS) is 10.8. The summed E-state index contributed by atoms with van der Waals surface area (Å²) in [6.07, 6.45) is 0. The Morgan fingerprint density at radius 3 is 0.786 bits per heavy atom. The number of hydrogen-bond donors (Lipinski definition) is 0. The summed E-state index contributed by atoms with van der Waals surface area (Å²) in [4.78, 5) is 0. The Morgan fingerprint density at radius 2 is 0.548 bits per heavy atom. The molecule has 0 aliphatic heterocycles. The van der Waals surface area contributed by atoms with Gasteiger partial charge in [-0.2, -0.15) is 0 Å². The fraction of sp³-hybridized carbons (Fsp3) is 0. The molecule has 6 aromatic carbocycles. The first kappa shape index (κ1) is 34.0. The number of halogens is 2. The minimum Gasteiger partial charge on any atom is -1.00 e. The molecule has 0 aromatic heterocycles. The molecule has 0 radical (unpaired) electrons. The van der Waals surface area contributed by atoms with Gasteiger partial charge in [0.2, 0.25) is 0 Å². The molecule has 214 valence electrons. The molecule has 0 aliphatic rings. The Morgan fingerprint density at radius 1 is 0.333 bits per heavy atom. The summed E-state index contributed by atoms with van der Waals surface area (Å²) in [6, 6.07) is 67.1. The summed E-state index contributed by atoms with van der Waals surface area (Å²) in [7, 11) is -2.25. The van der Waals surface area contributed by atoms with E-state index >= 15 is 0 Å². The van der Waals surface area contributed by atoms with E-state index in [1.54, 1.807) is 0 Å². The maximum atomic E-state index is 2.82. The van der Waals surface area contributed by atoms with Gasteiger partial charge < -0.3 is 34.0 Å². The summed E-state index contributed by atoms with van der Waals surface area (Å²) in [5.41, 5.74) is 2.82. The van der Waals surface area contributed by atoms with Gasteiger partial charge in [0.05, 0.1) is 5.54 Å². The molecule has 0 amide bonds. The maximum absolute atomic E-state index is 2.82. The molecule has 0 nitrogen and oxygen atoms in total. The fourth-order valence-electron chi connectivity index (χ4n) is 5.53. The zero-order chi connectivity index (χ0) is 26.4. The number of rotatable bonds is 7. The second kappa shape index (κ2) is 15.8. The molecule has 42 heavy (non-hydrogen) atoms. The topological polar surface area (TPSA) is 0 Å². The zero-order valence-corrected chi connectivity index (χ0v) is 28.8. The predicted molar refractivity (Wildman–Crippen MR) is 176 cm³/mol. The molecule has 6 rings (SSSR count). The standard InChI is InChI=1S/C37H31P2.2BrH.Cu/c1-7-19-32(20-8-1)38(33-21-9-2-10-22-33,34-23-11-3-12-24-34)31-39(35-25-13-4-14-26-35,36-27-15-5-16-28-36)37-29-17-6-18-30-37;;;/h1-31H;2*1H;/q+1;;;+1/p-2. The van der Waals surface area contributed by atoms with E-state index < -0.39 is 14.1 Å². The Balaban J connectivity index is 0.00000161. The zero-order valence-electron chi connectivity index (χ0n) is 22.8. The van der Waals surface area contributed by atoms with Gasteiger partial charge in [0, 0.05) is 6.89 Å². The van der Waals surface area contributed by atoms with Gasteiger partial charge in [0.1, 0.15) is 23.2 Å². The molecule has 0 N–H and O–H groups in total. The van der Waals surface area contributed by atoms with Gasteiger partial charge in [-0.25, -0.2) is 0 Å². The smallest absolute Gasteiger partial charge is 1.00 e. The molecule has 5 heteroatoms. The molecule has 0 unspecified atom stereocenters. The van der Waals surface area contributed by atoms with Crippen LogP contribution in [0.25, 0.3) is 0 Å². The van der Waals surface area contributed by atoms with E-state index in [-0.39, 0.29) is 51.0 Å². The van der Waals surface area contributed by atoms with Gasteiger partial charge in [-0.15, -0.1) is 0 Å². The van der Waals surface area contributed by atoms with Gasteiger partial charge >= 0.3 is 17.1 Å². The first-order valence-corrected chi connectivity index (χ1v) is 17.0. The maximum Gasteiger partial charge on any atom is 1.00 e. The Bertz CT molecular complexity index is 1480. The van der Waals surface area contributed by atoms with Crippen molar-refractivity contribution in [3.63, 3.8) is 0 Å². The van der Waals surface area contributed by atoms with Crippen molar-refractivity contribution in [3.05, 3.63) is 182 Å². The summed E-state index contributed by atoms with van der Waals surface area (Å²) in [6.45, 7) is -2.25. The molecule has 0 saturated carbocycles. The van der Waals surface area contributed by atoms with E-state index in [0.29, 0.717) is 0 Å². The van der Waals surface area contributed by atoms with Crippen molar-refractivity contribution in [3.8, 4) is 0 Å². The van der Waals surface area contributed by atoms with Gasteiger partial charge in [-0.3, -0.25) is 0 Å². The third-order valence-corrected chi connectivity index (χ3v) is 16.8. The molecule has 0 spiro atoms. The third-order valence-electron chi connectivity index (χ3n) is 7.33. The summed E-state index contributed by atoms with van der Waals surface area (Å²) in [5.74, 6) is 0. The van der Waals surface area contributed by atoms with E-state index in [1.165, 1.54) is 31.8 Å². The van der Waals surface area contributed by atoms with Crippen LogP contribution in [0.5, 0.6) is 0 Å². The number of hydrogen-bond acceptors (Lipinski definition) is 0. The van der Waals surface area contributed by atoms with Crippen LogP contribution in [0.15, 0.2) is 182 Å². The van der Waals surface area contributed by atoms with Crippen molar-refractivity contribution in [1.82, 2.24) is 0 Å². The average molecular weight is 761 g/mol. The summed E-state index contributed by atoms with van der Waals surface area (Å²) in [5, 5.41) is 8.22. The van der Waals surface area contributed by atoms with E-state index in [0.717, 1.165) is 0 Å². The molecule has 0 bridgehead atoms. The van der Waals surface area contributed by atoms with Gasteiger partial charge in [-0.05, 0) is 52.3 Å². The van der Waals surface area contributed by atoms with Crippen LogP contribution in [0, 0.1) is 0 Å². The van der Waals surface area contributed by atoms with Crippen LogP contribution in [0.4, 0.5) is 0 Å². The van der Waals surface area contributed by atoms with E-state index in [1.807, 2.05) is 0 Å². The van der Waals surface area contributed by atoms with Crippen molar-refractivity contribution < 1.29 is 51.0 Å². The average Bonchev–Trinajstić information content (AvgIpc) is 3.04. The van der Waals surface area contributed by atoms with Gasteiger partial charge in [-0.1, -0.05) is 146 Å². The predicted octanol–water partition coefficient (Wildman–Crippen LogP) is 0.740. The second-order valence-electron chi connectivity index (χ2n) is 9.57. The van der Waals surface area contributed by atoms with Crippen LogP contribution in [0.2, 0.25) is 0 Å². The first-order valence-electron chi connectivity index (χ1n) is 13.3. The Labute approximate surface area is 282 Å². The van der Waals surface area contributed by atoms with Crippen molar-refractivity contribution in [2.75, 3.05) is 0 Å².